The number of sulfonamides is 1. The van der Waals surface area contributed by atoms with Gasteiger partial charge in [-0.2, -0.15) is 4.31 Å². The Labute approximate surface area is 216 Å². The van der Waals surface area contributed by atoms with Crippen LogP contribution in [0.5, 0.6) is 0 Å². The zero-order valence-corrected chi connectivity index (χ0v) is 22.0. The Balaban J connectivity index is 1.18. The number of aryl methyl sites for hydroxylation is 1. The van der Waals surface area contributed by atoms with Crippen molar-refractivity contribution < 1.29 is 17.6 Å². The fraction of sp³-hybridized carbons (Fsp3) is 0.481. The maximum atomic E-state index is 13.6. The fourth-order valence-corrected chi connectivity index (χ4v) is 8.68. The summed E-state index contributed by atoms with van der Waals surface area (Å²) in [5.74, 6) is 1.14. The Hall–Kier alpha value is -2.42. The van der Waals surface area contributed by atoms with Crippen LogP contribution in [0.3, 0.4) is 0 Å². The highest BCUT2D eigenvalue weighted by Crippen LogP contribution is 2.65. The molecule has 2 atom stereocenters. The predicted molar refractivity (Wildman–Crippen MR) is 137 cm³/mol. The van der Waals surface area contributed by atoms with Gasteiger partial charge in [-0.15, -0.1) is 0 Å². The van der Waals surface area contributed by atoms with Crippen molar-refractivity contribution >= 4 is 38.6 Å². The van der Waals surface area contributed by atoms with Crippen LogP contribution in [0, 0.1) is 18.3 Å². The van der Waals surface area contributed by atoms with Gasteiger partial charge in [-0.25, -0.2) is 13.4 Å². The van der Waals surface area contributed by atoms with Crippen LogP contribution in [-0.4, -0.2) is 42.2 Å². The molecule has 2 saturated carbocycles. The first kappa shape index (κ1) is 23.9. The van der Waals surface area contributed by atoms with E-state index in [1.165, 1.54) is 6.92 Å². The van der Waals surface area contributed by atoms with Gasteiger partial charge < -0.3 is 9.73 Å². The largest absolute Gasteiger partial charge is 0.440 e. The second-order valence-electron chi connectivity index (χ2n) is 11.0. The first-order chi connectivity index (χ1) is 17.1. The lowest BCUT2D eigenvalue weighted by molar-refractivity contribution is -0.120. The molecule has 6 rings (SSSR count). The molecule has 1 aromatic heterocycles. The Bertz CT molecular complexity index is 1420. The second kappa shape index (κ2) is 8.57. The average Bonchev–Trinajstić information content (AvgIpc) is 3.36. The molecule has 0 bridgehead atoms. The lowest BCUT2D eigenvalue weighted by Gasteiger charge is -2.59. The minimum atomic E-state index is -3.65. The van der Waals surface area contributed by atoms with E-state index in [1.54, 1.807) is 22.5 Å². The molecule has 7 nitrogen and oxygen atoms in total. The van der Waals surface area contributed by atoms with E-state index in [0.29, 0.717) is 22.9 Å². The maximum Gasteiger partial charge on any atom is 0.243 e. The van der Waals surface area contributed by atoms with E-state index >= 15 is 0 Å². The molecular formula is C27H30ClN3O4S. The van der Waals surface area contributed by atoms with Crippen LogP contribution in [0.2, 0.25) is 5.02 Å². The van der Waals surface area contributed by atoms with Crippen molar-refractivity contribution in [2.24, 2.45) is 11.3 Å². The lowest BCUT2D eigenvalue weighted by atomic mass is 9.47. The molecule has 2 aromatic carbocycles. The van der Waals surface area contributed by atoms with Crippen LogP contribution in [0.1, 0.15) is 56.4 Å². The van der Waals surface area contributed by atoms with Crippen LogP contribution < -0.4 is 5.32 Å². The number of carbonyl (C=O) groups excluding carboxylic acids is 1. The van der Waals surface area contributed by atoms with Crippen molar-refractivity contribution in [3.63, 3.8) is 0 Å². The second-order valence-corrected chi connectivity index (χ2v) is 13.3. The molecule has 3 fully saturated rings. The number of benzene rings is 2. The molecular weight excluding hydrogens is 498 g/mol. The third-order valence-corrected chi connectivity index (χ3v) is 10.5. The molecule has 2 unspecified atom stereocenters. The Morgan fingerprint density at radius 1 is 1.14 bits per heavy atom. The van der Waals surface area contributed by atoms with E-state index in [1.807, 2.05) is 31.2 Å². The first-order valence-corrected chi connectivity index (χ1v) is 14.4. The van der Waals surface area contributed by atoms with Crippen LogP contribution in [0.4, 0.5) is 0 Å². The molecule has 1 N–H and O–H groups in total. The van der Waals surface area contributed by atoms with Crippen molar-refractivity contribution in [3.05, 3.63) is 58.9 Å². The van der Waals surface area contributed by atoms with Crippen LogP contribution in [0.15, 0.2) is 51.8 Å². The van der Waals surface area contributed by atoms with E-state index < -0.39 is 10.0 Å². The smallest absolute Gasteiger partial charge is 0.243 e. The van der Waals surface area contributed by atoms with Gasteiger partial charge in [0.2, 0.25) is 15.9 Å². The molecule has 2 aliphatic carbocycles. The van der Waals surface area contributed by atoms with E-state index in [0.717, 1.165) is 48.2 Å². The number of fused-ring (bicyclic) bond motifs is 1. The van der Waals surface area contributed by atoms with Crippen LogP contribution in [0.25, 0.3) is 11.1 Å². The zero-order chi connectivity index (χ0) is 25.2. The number of halogens is 1. The highest BCUT2D eigenvalue weighted by atomic mass is 35.5. The Morgan fingerprint density at radius 2 is 1.86 bits per heavy atom. The summed E-state index contributed by atoms with van der Waals surface area (Å²) in [6.45, 7) is 3.86. The third kappa shape index (κ3) is 4.03. The van der Waals surface area contributed by atoms with Crippen LogP contribution in [-0.2, 0) is 14.8 Å². The summed E-state index contributed by atoms with van der Waals surface area (Å²) in [5, 5.41) is 3.68. The van der Waals surface area contributed by atoms with Gasteiger partial charge in [0.25, 0.3) is 0 Å². The topological polar surface area (TPSA) is 92.5 Å². The predicted octanol–water partition coefficient (Wildman–Crippen LogP) is 5.03. The van der Waals surface area contributed by atoms with Crippen LogP contribution >= 0.6 is 11.6 Å². The minimum absolute atomic E-state index is 0.117. The molecule has 1 saturated heterocycles. The zero-order valence-electron chi connectivity index (χ0n) is 20.4. The molecule has 1 amide bonds. The number of carbonyl (C=O) groups is 1. The highest BCUT2D eigenvalue weighted by Gasteiger charge is 2.59. The number of amides is 1. The van der Waals surface area contributed by atoms with Crippen molar-refractivity contribution in [1.82, 2.24) is 14.6 Å². The van der Waals surface area contributed by atoms with Gasteiger partial charge in [-0.05, 0) is 80.7 Å². The number of aromatic nitrogens is 1. The monoisotopic (exact) mass is 527 g/mol. The summed E-state index contributed by atoms with van der Waals surface area (Å²) < 4.78 is 34.9. The maximum absolute atomic E-state index is 13.6. The van der Waals surface area contributed by atoms with E-state index in [2.05, 4.69) is 10.3 Å². The van der Waals surface area contributed by atoms with Crippen molar-refractivity contribution in [2.45, 2.75) is 68.8 Å². The molecule has 190 valence electrons. The SMILES string of the molecule is CC(=O)NC1CCN(S(=O)(=O)c2ccc(C)cc2)C1C1CC2(CC(c3nc4cc(Cl)ccc4o3)C2)C1. The summed E-state index contributed by atoms with van der Waals surface area (Å²) in [6, 6.07) is 12.1. The quantitative estimate of drug-likeness (QED) is 0.502. The summed E-state index contributed by atoms with van der Waals surface area (Å²) in [4.78, 5) is 16.9. The number of nitrogens with zero attached hydrogens (tertiary/aromatic N) is 2. The van der Waals surface area contributed by atoms with Gasteiger partial charge in [0.15, 0.2) is 11.5 Å². The van der Waals surface area contributed by atoms with Gasteiger partial charge >= 0.3 is 0 Å². The Morgan fingerprint density at radius 3 is 2.56 bits per heavy atom. The molecule has 3 aromatic rings. The minimum Gasteiger partial charge on any atom is -0.440 e. The third-order valence-electron chi connectivity index (χ3n) is 8.37. The highest BCUT2D eigenvalue weighted by molar-refractivity contribution is 7.89. The summed E-state index contributed by atoms with van der Waals surface area (Å²) in [7, 11) is -3.65. The molecule has 0 radical (unpaired) electrons. The van der Waals surface area contributed by atoms with Gasteiger partial charge in [-0.3, -0.25) is 4.79 Å². The molecule has 1 spiro atoms. The van der Waals surface area contributed by atoms with Gasteiger partial charge in [-0.1, -0.05) is 29.3 Å². The normalized spacial score (nSPS) is 30.3. The molecule has 1 aliphatic heterocycles. The van der Waals surface area contributed by atoms with E-state index in [4.69, 9.17) is 16.0 Å². The van der Waals surface area contributed by atoms with E-state index in [-0.39, 0.29) is 35.2 Å². The van der Waals surface area contributed by atoms with Gasteiger partial charge in [0.05, 0.1) is 4.90 Å². The standard InChI is InChI=1S/C27H30ClN3O4S/c1-16-3-6-21(7-4-16)36(33,34)31-10-9-22(29-17(2)32)25(31)18-12-27(13-18)14-19(15-27)26-30-23-11-20(28)5-8-24(23)35-26/h3-8,11,18-19,22,25H,9-10,12-15H2,1-2H3,(H,29,32). The number of hydrogen-bond acceptors (Lipinski definition) is 5. The number of nitrogens with one attached hydrogen (secondary N) is 1. The first-order valence-electron chi connectivity index (χ1n) is 12.6. The fourth-order valence-electron chi connectivity index (χ4n) is 6.78. The van der Waals surface area contributed by atoms with Crippen molar-refractivity contribution in [3.8, 4) is 0 Å². The molecule has 2 heterocycles. The Kier molecular flexibility index (Phi) is 5.70. The van der Waals surface area contributed by atoms with Gasteiger partial charge in [0.1, 0.15) is 5.52 Å². The molecule has 36 heavy (non-hydrogen) atoms. The summed E-state index contributed by atoms with van der Waals surface area (Å²) >= 11 is 6.09. The summed E-state index contributed by atoms with van der Waals surface area (Å²) in [6.07, 6.45) is 4.53. The van der Waals surface area contributed by atoms with Crippen molar-refractivity contribution in [1.29, 1.82) is 0 Å². The summed E-state index contributed by atoms with van der Waals surface area (Å²) in [5.41, 5.74) is 2.76. The van der Waals surface area contributed by atoms with Crippen molar-refractivity contribution in [2.75, 3.05) is 6.54 Å². The average molecular weight is 528 g/mol. The lowest BCUT2D eigenvalue weighted by Crippen LogP contribution is -2.58. The van der Waals surface area contributed by atoms with Gasteiger partial charge in [0, 0.05) is 36.5 Å². The number of rotatable bonds is 5. The molecule has 9 heteroatoms. The van der Waals surface area contributed by atoms with E-state index in [9.17, 15) is 13.2 Å². The molecule has 3 aliphatic rings. The number of oxazole rings is 1. The number of hydrogen-bond donors (Lipinski definition) is 1.